The molecule has 0 saturated carbocycles. The van der Waals surface area contributed by atoms with Crippen molar-refractivity contribution in [3.63, 3.8) is 0 Å². The average Bonchev–Trinajstić information content (AvgIpc) is 2.89. The molecule has 0 bridgehead atoms. The summed E-state index contributed by atoms with van der Waals surface area (Å²) in [5.74, 6) is 0. The summed E-state index contributed by atoms with van der Waals surface area (Å²) in [4.78, 5) is 0. The molecule has 1 aromatic heterocycles. The lowest BCUT2D eigenvalue weighted by molar-refractivity contribution is 0.0987. The lowest BCUT2D eigenvalue weighted by atomic mass is 10.2. The van der Waals surface area contributed by atoms with Gasteiger partial charge in [-0.2, -0.15) is 5.10 Å². The molecule has 1 aromatic rings. The van der Waals surface area contributed by atoms with Gasteiger partial charge in [-0.05, 0) is 31.9 Å². The van der Waals surface area contributed by atoms with Crippen LogP contribution in [0, 0.1) is 0 Å². The van der Waals surface area contributed by atoms with Gasteiger partial charge < -0.3 is 10.1 Å². The lowest BCUT2D eigenvalue weighted by Gasteiger charge is -2.10. The van der Waals surface area contributed by atoms with E-state index >= 15 is 0 Å². The number of hydrogen-bond donors (Lipinski definition) is 1. The van der Waals surface area contributed by atoms with Crippen molar-refractivity contribution in [2.75, 3.05) is 13.2 Å². The fraction of sp³-hybridized carbons (Fsp3) is 0.750. The van der Waals surface area contributed by atoms with Crippen LogP contribution >= 0.6 is 0 Å². The quantitative estimate of drug-likeness (QED) is 0.816. The zero-order chi connectivity index (χ0) is 11.4. The SMILES string of the molecule is CCc1cc(COCC2CCCN2)n(C)n1. The van der Waals surface area contributed by atoms with Gasteiger partial charge in [-0.25, -0.2) is 0 Å². The van der Waals surface area contributed by atoms with Gasteiger partial charge in [-0.1, -0.05) is 6.92 Å². The molecule has 0 spiro atoms. The molecule has 0 aromatic carbocycles. The number of nitrogens with zero attached hydrogens (tertiary/aromatic N) is 2. The molecule has 1 aliphatic heterocycles. The Bertz CT molecular complexity index is 329. The molecule has 4 heteroatoms. The molecule has 90 valence electrons. The Kier molecular flexibility index (Phi) is 3.96. The molecule has 2 heterocycles. The topological polar surface area (TPSA) is 39.1 Å². The summed E-state index contributed by atoms with van der Waals surface area (Å²) in [6.45, 7) is 4.74. The first kappa shape index (κ1) is 11.6. The third kappa shape index (κ3) is 2.83. The Hall–Kier alpha value is -0.870. The summed E-state index contributed by atoms with van der Waals surface area (Å²) in [5, 5.41) is 7.83. The van der Waals surface area contributed by atoms with Crippen LogP contribution in [0.4, 0.5) is 0 Å². The van der Waals surface area contributed by atoms with E-state index in [2.05, 4.69) is 23.4 Å². The lowest BCUT2D eigenvalue weighted by Crippen LogP contribution is -2.26. The molecular formula is C12H21N3O. The zero-order valence-electron chi connectivity index (χ0n) is 10.2. The van der Waals surface area contributed by atoms with Crippen molar-refractivity contribution in [3.8, 4) is 0 Å². The molecule has 1 atom stereocenters. The summed E-state index contributed by atoms with van der Waals surface area (Å²) in [7, 11) is 1.98. The van der Waals surface area contributed by atoms with Crippen molar-refractivity contribution in [2.24, 2.45) is 7.05 Å². The zero-order valence-corrected chi connectivity index (χ0v) is 10.2. The maximum absolute atomic E-state index is 5.72. The monoisotopic (exact) mass is 223 g/mol. The van der Waals surface area contributed by atoms with Crippen LogP contribution < -0.4 is 5.32 Å². The van der Waals surface area contributed by atoms with Crippen molar-refractivity contribution in [1.82, 2.24) is 15.1 Å². The molecule has 4 nitrogen and oxygen atoms in total. The van der Waals surface area contributed by atoms with E-state index in [9.17, 15) is 0 Å². The fourth-order valence-corrected chi connectivity index (χ4v) is 2.08. The summed E-state index contributed by atoms with van der Waals surface area (Å²) < 4.78 is 7.64. The van der Waals surface area contributed by atoms with E-state index in [1.165, 1.54) is 12.8 Å². The highest BCUT2D eigenvalue weighted by Gasteiger charge is 2.14. The van der Waals surface area contributed by atoms with E-state index in [-0.39, 0.29) is 0 Å². The molecule has 1 fully saturated rings. The third-order valence-corrected chi connectivity index (χ3v) is 3.12. The summed E-state index contributed by atoms with van der Waals surface area (Å²) in [6.07, 6.45) is 3.50. The minimum Gasteiger partial charge on any atom is -0.374 e. The van der Waals surface area contributed by atoms with Crippen LogP contribution in [-0.2, 0) is 24.8 Å². The first-order valence-electron chi connectivity index (χ1n) is 6.12. The molecule has 0 aliphatic carbocycles. The van der Waals surface area contributed by atoms with E-state index in [1.54, 1.807) is 0 Å². The summed E-state index contributed by atoms with van der Waals surface area (Å²) in [5.41, 5.74) is 2.30. The molecular weight excluding hydrogens is 202 g/mol. The van der Waals surface area contributed by atoms with E-state index < -0.39 is 0 Å². The van der Waals surface area contributed by atoms with Gasteiger partial charge in [0.05, 0.1) is 24.6 Å². The van der Waals surface area contributed by atoms with Gasteiger partial charge in [0.1, 0.15) is 0 Å². The third-order valence-electron chi connectivity index (χ3n) is 3.12. The van der Waals surface area contributed by atoms with Crippen molar-refractivity contribution in [1.29, 1.82) is 0 Å². The van der Waals surface area contributed by atoms with E-state index in [0.29, 0.717) is 12.6 Å². The Morgan fingerprint density at radius 2 is 2.50 bits per heavy atom. The van der Waals surface area contributed by atoms with Gasteiger partial charge in [0.15, 0.2) is 0 Å². The molecule has 0 radical (unpaired) electrons. The van der Waals surface area contributed by atoms with Crippen LogP contribution in [0.3, 0.4) is 0 Å². The summed E-state index contributed by atoms with van der Waals surface area (Å²) in [6, 6.07) is 2.68. The maximum atomic E-state index is 5.72. The van der Waals surface area contributed by atoms with E-state index in [1.807, 2.05) is 11.7 Å². The second kappa shape index (κ2) is 5.46. The van der Waals surface area contributed by atoms with Crippen LogP contribution in [0.5, 0.6) is 0 Å². The number of rotatable bonds is 5. The Morgan fingerprint density at radius 3 is 3.12 bits per heavy atom. The van der Waals surface area contributed by atoms with Crippen LogP contribution in [0.1, 0.15) is 31.2 Å². The maximum Gasteiger partial charge on any atom is 0.0885 e. The molecule has 0 amide bonds. The molecule has 1 aliphatic rings. The number of hydrogen-bond acceptors (Lipinski definition) is 3. The molecule has 16 heavy (non-hydrogen) atoms. The van der Waals surface area contributed by atoms with Gasteiger partial charge >= 0.3 is 0 Å². The predicted molar refractivity (Wildman–Crippen MR) is 63.3 cm³/mol. The second-order valence-electron chi connectivity index (χ2n) is 4.41. The van der Waals surface area contributed by atoms with Gasteiger partial charge in [0.2, 0.25) is 0 Å². The van der Waals surface area contributed by atoms with Crippen LogP contribution in [0.2, 0.25) is 0 Å². The minimum absolute atomic E-state index is 0.555. The molecule has 1 N–H and O–H groups in total. The largest absolute Gasteiger partial charge is 0.374 e. The smallest absolute Gasteiger partial charge is 0.0885 e. The van der Waals surface area contributed by atoms with Gasteiger partial charge in [0, 0.05) is 13.1 Å². The first-order chi connectivity index (χ1) is 7.79. The van der Waals surface area contributed by atoms with E-state index in [4.69, 9.17) is 4.74 Å². The molecule has 1 saturated heterocycles. The highest BCUT2D eigenvalue weighted by Crippen LogP contribution is 2.08. The number of nitrogens with one attached hydrogen (secondary N) is 1. The van der Waals surface area contributed by atoms with E-state index in [0.717, 1.165) is 31.0 Å². The Morgan fingerprint density at radius 1 is 1.62 bits per heavy atom. The highest BCUT2D eigenvalue weighted by atomic mass is 16.5. The number of aryl methyl sites for hydroxylation is 2. The van der Waals surface area contributed by atoms with Crippen LogP contribution in [0.15, 0.2) is 6.07 Å². The minimum atomic E-state index is 0.555. The van der Waals surface area contributed by atoms with Gasteiger partial charge in [-0.15, -0.1) is 0 Å². The Balaban J connectivity index is 1.77. The number of ether oxygens (including phenoxy) is 1. The van der Waals surface area contributed by atoms with Gasteiger partial charge in [-0.3, -0.25) is 4.68 Å². The van der Waals surface area contributed by atoms with Crippen molar-refractivity contribution < 1.29 is 4.74 Å². The predicted octanol–water partition coefficient (Wildman–Crippen LogP) is 1.25. The second-order valence-corrected chi connectivity index (χ2v) is 4.41. The van der Waals surface area contributed by atoms with Crippen molar-refractivity contribution in [3.05, 3.63) is 17.5 Å². The molecule has 2 rings (SSSR count). The highest BCUT2D eigenvalue weighted by molar-refractivity contribution is 5.09. The van der Waals surface area contributed by atoms with Crippen molar-refractivity contribution in [2.45, 2.75) is 38.8 Å². The van der Waals surface area contributed by atoms with Crippen LogP contribution in [0.25, 0.3) is 0 Å². The summed E-state index contributed by atoms with van der Waals surface area (Å²) >= 11 is 0. The van der Waals surface area contributed by atoms with Crippen LogP contribution in [-0.4, -0.2) is 29.0 Å². The first-order valence-corrected chi connectivity index (χ1v) is 6.12. The number of aromatic nitrogens is 2. The Labute approximate surface area is 97.0 Å². The van der Waals surface area contributed by atoms with Crippen molar-refractivity contribution >= 4 is 0 Å². The fourth-order valence-electron chi connectivity index (χ4n) is 2.08. The standard InChI is InChI=1S/C12H21N3O/c1-3-10-7-12(15(2)14-10)9-16-8-11-5-4-6-13-11/h7,11,13H,3-6,8-9H2,1-2H3. The average molecular weight is 223 g/mol. The van der Waals surface area contributed by atoms with Gasteiger partial charge in [0.25, 0.3) is 0 Å². The normalized spacial score (nSPS) is 20.5. The molecule has 1 unspecified atom stereocenters.